The average Bonchev–Trinajstić information content (AvgIpc) is 2.80. The number of likely N-dealkylation sites (N-methyl/N-ethyl adjacent to an activating group) is 1. The summed E-state index contributed by atoms with van der Waals surface area (Å²) in [6.07, 6.45) is 0. The third-order valence-electron chi connectivity index (χ3n) is 5.02. The van der Waals surface area contributed by atoms with Gasteiger partial charge in [0.25, 0.3) is 0 Å². The van der Waals surface area contributed by atoms with Gasteiger partial charge >= 0.3 is 12.0 Å². The number of benzene rings is 2. The van der Waals surface area contributed by atoms with Crippen molar-refractivity contribution in [3.63, 3.8) is 0 Å². The summed E-state index contributed by atoms with van der Waals surface area (Å²) in [5, 5.41) is 2.80. The largest absolute Gasteiger partial charge is 0.497 e. The van der Waals surface area contributed by atoms with E-state index in [0.29, 0.717) is 17.1 Å². The Hall–Kier alpha value is -3.75. The third-order valence-corrected chi connectivity index (χ3v) is 5.02. The first-order valence-corrected chi connectivity index (χ1v) is 9.94. The van der Waals surface area contributed by atoms with Gasteiger partial charge in [0.15, 0.2) is 11.6 Å². The van der Waals surface area contributed by atoms with Crippen molar-refractivity contribution in [2.75, 3.05) is 34.5 Å². The first-order valence-electron chi connectivity index (χ1n) is 9.94. The Bertz CT molecular complexity index is 1040. The van der Waals surface area contributed by atoms with Gasteiger partial charge in [0, 0.05) is 12.6 Å². The van der Waals surface area contributed by atoms with Crippen LogP contribution in [0.4, 0.5) is 9.18 Å². The molecule has 1 atom stereocenters. The molecule has 2 amide bonds. The van der Waals surface area contributed by atoms with Gasteiger partial charge in [-0.25, -0.2) is 14.0 Å². The Balaban J connectivity index is 2.12. The molecular weight excluding hydrogens is 419 g/mol. The highest BCUT2D eigenvalue weighted by Gasteiger charge is 2.38. The highest BCUT2D eigenvalue weighted by Crippen LogP contribution is 2.37. The molecule has 2 aromatic rings. The van der Waals surface area contributed by atoms with Crippen molar-refractivity contribution in [1.82, 2.24) is 10.2 Å². The molecule has 8 nitrogen and oxygen atoms in total. The third kappa shape index (κ3) is 4.61. The number of hydrogen-bond donors (Lipinski definition) is 1. The van der Waals surface area contributed by atoms with Crippen LogP contribution < -0.4 is 19.5 Å². The van der Waals surface area contributed by atoms with Crippen molar-refractivity contribution in [2.24, 2.45) is 0 Å². The van der Waals surface area contributed by atoms with Crippen LogP contribution in [0.15, 0.2) is 53.7 Å². The number of urea groups is 1. The number of methoxy groups -OCH3 is 2. The van der Waals surface area contributed by atoms with E-state index in [-0.39, 0.29) is 30.2 Å². The SMILES string of the molecule is CCOC(=O)C1=C(COc2ccccc2F)N(C)C(=O)N[C@H]1c1cc(OC)ccc1OC. The normalized spacial score (nSPS) is 15.8. The summed E-state index contributed by atoms with van der Waals surface area (Å²) >= 11 is 0. The molecule has 9 heteroatoms. The second-order valence-electron chi connectivity index (χ2n) is 6.85. The van der Waals surface area contributed by atoms with Crippen molar-refractivity contribution in [2.45, 2.75) is 13.0 Å². The molecule has 3 rings (SSSR count). The van der Waals surface area contributed by atoms with Gasteiger partial charge in [-0.2, -0.15) is 0 Å². The monoisotopic (exact) mass is 444 g/mol. The van der Waals surface area contributed by atoms with Gasteiger partial charge in [-0.1, -0.05) is 12.1 Å². The molecule has 0 aliphatic carbocycles. The highest BCUT2D eigenvalue weighted by molar-refractivity contribution is 5.95. The first kappa shape index (κ1) is 22.9. The minimum atomic E-state index is -0.901. The maximum atomic E-state index is 14.1. The fraction of sp³-hybridized carbons (Fsp3) is 0.304. The summed E-state index contributed by atoms with van der Waals surface area (Å²) < 4.78 is 35.7. The van der Waals surface area contributed by atoms with Gasteiger partial charge in [-0.3, -0.25) is 4.90 Å². The molecule has 1 aliphatic heterocycles. The molecule has 2 aromatic carbocycles. The lowest BCUT2D eigenvalue weighted by Crippen LogP contribution is -2.48. The van der Waals surface area contributed by atoms with E-state index in [4.69, 9.17) is 18.9 Å². The van der Waals surface area contributed by atoms with Crippen LogP contribution in [0, 0.1) is 5.82 Å². The van der Waals surface area contributed by atoms with E-state index >= 15 is 0 Å². The number of para-hydroxylation sites is 1. The Morgan fingerprint density at radius 1 is 1.12 bits per heavy atom. The summed E-state index contributed by atoms with van der Waals surface area (Å²) in [5.74, 6) is -0.239. The second kappa shape index (κ2) is 10.0. The summed E-state index contributed by atoms with van der Waals surface area (Å²) in [6.45, 7) is 1.57. The predicted octanol–water partition coefficient (Wildman–Crippen LogP) is 3.44. The minimum Gasteiger partial charge on any atom is -0.497 e. The average molecular weight is 444 g/mol. The highest BCUT2D eigenvalue weighted by atomic mass is 19.1. The van der Waals surface area contributed by atoms with E-state index in [2.05, 4.69) is 5.32 Å². The van der Waals surface area contributed by atoms with Gasteiger partial charge in [0.05, 0.1) is 38.1 Å². The smallest absolute Gasteiger partial charge is 0.338 e. The molecule has 32 heavy (non-hydrogen) atoms. The second-order valence-corrected chi connectivity index (χ2v) is 6.85. The maximum Gasteiger partial charge on any atom is 0.338 e. The Labute approximate surface area is 185 Å². The van der Waals surface area contributed by atoms with Gasteiger partial charge in [-0.15, -0.1) is 0 Å². The van der Waals surface area contributed by atoms with Crippen LogP contribution in [-0.4, -0.2) is 51.4 Å². The fourth-order valence-electron chi connectivity index (χ4n) is 3.39. The molecular formula is C23H25FN2O6. The topological polar surface area (TPSA) is 86.3 Å². The minimum absolute atomic E-state index is 0.00176. The zero-order valence-electron chi connectivity index (χ0n) is 18.3. The molecule has 0 radical (unpaired) electrons. The zero-order chi connectivity index (χ0) is 23.3. The Morgan fingerprint density at radius 2 is 1.88 bits per heavy atom. The lowest BCUT2D eigenvalue weighted by molar-refractivity contribution is -0.139. The van der Waals surface area contributed by atoms with E-state index in [1.807, 2.05) is 0 Å². The summed E-state index contributed by atoms with van der Waals surface area (Å²) in [5.41, 5.74) is 0.891. The molecule has 0 spiro atoms. The van der Waals surface area contributed by atoms with Gasteiger partial charge < -0.3 is 24.3 Å². The summed E-state index contributed by atoms with van der Waals surface area (Å²) in [7, 11) is 4.49. The van der Waals surface area contributed by atoms with E-state index in [1.165, 1.54) is 44.4 Å². The summed E-state index contributed by atoms with van der Waals surface area (Å²) in [6, 6.07) is 9.57. The van der Waals surface area contributed by atoms with Crippen LogP contribution in [0.3, 0.4) is 0 Å². The van der Waals surface area contributed by atoms with Crippen molar-refractivity contribution in [1.29, 1.82) is 0 Å². The number of rotatable bonds is 8. The van der Waals surface area contributed by atoms with Crippen LogP contribution in [-0.2, 0) is 9.53 Å². The molecule has 0 bridgehead atoms. The molecule has 0 unspecified atom stereocenters. The van der Waals surface area contributed by atoms with Crippen LogP contribution in [0.5, 0.6) is 17.2 Å². The molecule has 170 valence electrons. The molecule has 0 fully saturated rings. The van der Waals surface area contributed by atoms with Crippen molar-refractivity contribution < 1.29 is 32.9 Å². The molecule has 0 aromatic heterocycles. The van der Waals surface area contributed by atoms with Crippen LogP contribution in [0.2, 0.25) is 0 Å². The number of amides is 2. The molecule has 1 heterocycles. The number of esters is 1. The lowest BCUT2D eigenvalue weighted by atomic mass is 9.93. The fourth-order valence-corrected chi connectivity index (χ4v) is 3.39. The Morgan fingerprint density at radius 3 is 2.53 bits per heavy atom. The standard InChI is InChI=1S/C23H25FN2O6/c1-5-31-22(27)20-17(13-32-19-9-7-6-8-16(19)24)26(2)23(28)25-21(20)15-12-14(29-3)10-11-18(15)30-4/h6-12,21H,5,13H2,1-4H3,(H,25,28)/t21-/m0/s1. The van der Waals surface area contributed by atoms with Gasteiger partial charge in [0.1, 0.15) is 18.1 Å². The van der Waals surface area contributed by atoms with Crippen LogP contribution in [0.1, 0.15) is 18.5 Å². The predicted molar refractivity (Wildman–Crippen MR) is 114 cm³/mol. The van der Waals surface area contributed by atoms with Crippen molar-refractivity contribution in [3.8, 4) is 17.2 Å². The maximum absolute atomic E-state index is 14.1. The quantitative estimate of drug-likeness (QED) is 0.628. The number of halogens is 1. The first-order chi connectivity index (χ1) is 15.4. The van der Waals surface area contributed by atoms with Crippen LogP contribution in [0.25, 0.3) is 0 Å². The van der Waals surface area contributed by atoms with Crippen molar-refractivity contribution in [3.05, 3.63) is 65.1 Å². The van der Waals surface area contributed by atoms with Crippen molar-refractivity contribution >= 4 is 12.0 Å². The van der Waals surface area contributed by atoms with E-state index in [0.717, 1.165) is 0 Å². The van der Waals surface area contributed by atoms with Gasteiger partial charge in [0.2, 0.25) is 0 Å². The summed E-state index contributed by atoms with van der Waals surface area (Å²) in [4.78, 5) is 27.0. The van der Waals surface area contributed by atoms with E-state index in [9.17, 15) is 14.0 Å². The number of nitrogens with one attached hydrogen (secondary N) is 1. The van der Waals surface area contributed by atoms with Crippen LogP contribution >= 0.6 is 0 Å². The number of ether oxygens (including phenoxy) is 4. The molecule has 1 aliphatic rings. The number of carbonyl (C=O) groups is 2. The number of hydrogen-bond acceptors (Lipinski definition) is 6. The number of nitrogens with zero attached hydrogens (tertiary/aromatic N) is 1. The molecule has 1 N–H and O–H groups in total. The molecule has 0 saturated heterocycles. The zero-order valence-corrected chi connectivity index (χ0v) is 18.3. The van der Waals surface area contributed by atoms with E-state index < -0.39 is 23.9 Å². The Kier molecular flexibility index (Phi) is 7.19. The lowest BCUT2D eigenvalue weighted by Gasteiger charge is -2.35. The van der Waals surface area contributed by atoms with Gasteiger partial charge in [-0.05, 0) is 37.3 Å². The molecule has 0 saturated carbocycles. The number of carbonyl (C=O) groups excluding carboxylic acids is 2. The van der Waals surface area contributed by atoms with E-state index in [1.54, 1.807) is 31.2 Å².